The van der Waals surface area contributed by atoms with E-state index in [4.69, 9.17) is 5.73 Å². The van der Waals surface area contributed by atoms with Gasteiger partial charge < -0.3 is 5.73 Å². The minimum absolute atomic E-state index is 0.0695. The van der Waals surface area contributed by atoms with E-state index in [-0.39, 0.29) is 11.4 Å². The van der Waals surface area contributed by atoms with E-state index in [1.807, 2.05) is 0 Å². The molecule has 9 heteroatoms. The summed E-state index contributed by atoms with van der Waals surface area (Å²) in [4.78, 5) is 9.52. The summed E-state index contributed by atoms with van der Waals surface area (Å²) in [5.74, 6) is -0.534. The predicted molar refractivity (Wildman–Crippen MR) is 74.7 cm³/mol. The number of nitro groups is 1. The van der Waals surface area contributed by atoms with Gasteiger partial charge in [-0.2, -0.15) is 0 Å². The van der Waals surface area contributed by atoms with E-state index in [1.165, 1.54) is 18.2 Å². The maximum atomic E-state index is 12.8. The third-order valence-electron chi connectivity index (χ3n) is 2.57. The first-order valence-electron chi connectivity index (χ1n) is 5.62. The van der Waals surface area contributed by atoms with Crippen LogP contribution in [0.15, 0.2) is 47.4 Å². The molecule has 0 aromatic heterocycles. The number of hydrogen-bond donors (Lipinski definition) is 2. The fraction of sp³-hybridized carbons (Fsp3) is 0. The van der Waals surface area contributed by atoms with Gasteiger partial charge in [-0.1, -0.05) is 0 Å². The standard InChI is InChI=1S/C12H10FN3O4S/c13-8-1-4-10(5-2-8)15-21(19,20)12-7-9(14)3-6-11(12)16(17)18/h1-7,15H,14H2. The molecule has 0 saturated carbocycles. The van der Waals surface area contributed by atoms with Gasteiger partial charge in [0, 0.05) is 17.4 Å². The Morgan fingerprint density at radius 3 is 2.33 bits per heavy atom. The largest absolute Gasteiger partial charge is 0.399 e. The first-order chi connectivity index (χ1) is 9.79. The zero-order valence-electron chi connectivity index (χ0n) is 10.5. The molecule has 0 bridgehead atoms. The highest BCUT2D eigenvalue weighted by Crippen LogP contribution is 2.27. The molecule has 2 aromatic rings. The van der Waals surface area contributed by atoms with Crippen LogP contribution in [-0.4, -0.2) is 13.3 Å². The molecular weight excluding hydrogens is 301 g/mol. The SMILES string of the molecule is Nc1ccc([N+](=O)[O-])c(S(=O)(=O)Nc2ccc(F)cc2)c1. The number of nitrogen functional groups attached to an aromatic ring is 1. The molecule has 0 aliphatic heterocycles. The highest BCUT2D eigenvalue weighted by atomic mass is 32.2. The van der Waals surface area contributed by atoms with Crippen LogP contribution in [0.5, 0.6) is 0 Å². The van der Waals surface area contributed by atoms with Gasteiger partial charge in [0.05, 0.1) is 4.92 Å². The lowest BCUT2D eigenvalue weighted by atomic mass is 10.3. The molecule has 2 rings (SSSR count). The van der Waals surface area contributed by atoms with Crippen LogP contribution in [0.2, 0.25) is 0 Å². The van der Waals surface area contributed by atoms with Gasteiger partial charge in [0.2, 0.25) is 0 Å². The Morgan fingerprint density at radius 2 is 1.76 bits per heavy atom. The van der Waals surface area contributed by atoms with Crippen molar-refractivity contribution in [3.8, 4) is 0 Å². The minimum atomic E-state index is -4.22. The van der Waals surface area contributed by atoms with Crippen LogP contribution in [0.4, 0.5) is 21.5 Å². The van der Waals surface area contributed by atoms with Crippen LogP contribution < -0.4 is 10.5 Å². The molecule has 7 nitrogen and oxygen atoms in total. The predicted octanol–water partition coefficient (Wildman–Crippen LogP) is 2.12. The van der Waals surface area contributed by atoms with E-state index in [9.17, 15) is 22.9 Å². The van der Waals surface area contributed by atoms with E-state index in [0.717, 1.165) is 24.3 Å². The van der Waals surface area contributed by atoms with Gasteiger partial charge >= 0.3 is 0 Å². The Balaban J connectivity index is 2.46. The second-order valence-electron chi connectivity index (χ2n) is 4.10. The van der Waals surface area contributed by atoms with Gasteiger partial charge in [-0.05, 0) is 36.4 Å². The number of nitro benzene ring substituents is 1. The molecule has 0 radical (unpaired) electrons. The van der Waals surface area contributed by atoms with E-state index in [1.54, 1.807) is 0 Å². The first-order valence-corrected chi connectivity index (χ1v) is 7.10. The number of sulfonamides is 1. The van der Waals surface area contributed by atoms with Gasteiger partial charge in [-0.25, -0.2) is 12.8 Å². The fourth-order valence-corrected chi connectivity index (χ4v) is 2.89. The van der Waals surface area contributed by atoms with Crippen molar-refractivity contribution in [1.29, 1.82) is 0 Å². The number of nitrogens with two attached hydrogens (primary N) is 1. The van der Waals surface area contributed by atoms with Gasteiger partial charge in [0.25, 0.3) is 15.7 Å². The summed E-state index contributed by atoms with van der Waals surface area (Å²) in [5.41, 5.74) is 5.02. The number of rotatable bonds is 4. The van der Waals surface area contributed by atoms with E-state index >= 15 is 0 Å². The van der Waals surface area contributed by atoms with Crippen molar-refractivity contribution >= 4 is 27.1 Å². The highest BCUT2D eigenvalue weighted by Gasteiger charge is 2.26. The van der Waals surface area contributed by atoms with Crippen LogP contribution in [0, 0.1) is 15.9 Å². The molecule has 0 unspecified atom stereocenters. The first kappa shape index (κ1) is 14.7. The van der Waals surface area contributed by atoms with Crippen LogP contribution in [0.25, 0.3) is 0 Å². The molecule has 0 fully saturated rings. The molecule has 0 heterocycles. The minimum Gasteiger partial charge on any atom is -0.399 e. The third kappa shape index (κ3) is 3.26. The Bertz CT molecular complexity index is 791. The molecule has 0 amide bonds. The number of hydrogen-bond acceptors (Lipinski definition) is 5. The van der Waals surface area contributed by atoms with Gasteiger partial charge in [-0.15, -0.1) is 0 Å². The molecule has 0 aliphatic carbocycles. The third-order valence-corrected chi connectivity index (χ3v) is 3.98. The summed E-state index contributed by atoms with van der Waals surface area (Å²) >= 11 is 0. The highest BCUT2D eigenvalue weighted by molar-refractivity contribution is 7.92. The van der Waals surface area contributed by atoms with Crippen molar-refractivity contribution in [2.24, 2.45) is 0 Å². The van der Waals surface area contributed by atoms with Gasteiger partial charge in [0.1, 0.15) is 5.82 Å². The molecule has 3 N–H and O–H groups in total. The monoisotopic (exact) mass is 311 g/mol. The van der Waals surface area contributed by atoms with Crippen LogP contribution in [0.1, 0.15) is 0 Å². The lowest BCUT2D eigenvalue weighted by Gasteiger charge is -2.09. The number of nitrogens with zero attached hydrogens (tertiary/aromatic N) is 1. The number of anilines is 2. The average molecular weight is 311 g/mol. The van der Waals surface area contributed by atoms with Gasteiger partial charge in [0.15, 0.2) is 4.90 Å². The van der Waals surface area contributed by atoms with Crippen LogP contribution >= 0.6 is 0 Å². The molecule has 110 valence electrons. The molecule has 0 aliphatic rings. The Morgan fingerprint density at radius 1 is 1.14 bits per heavy atom. The van der Waals surface area contributed by atoms with Crippen molar-refractivity contribution in [3.05, 3.63) is 58.4 Å². The van der Waals surface area contributed by atoms with Crippen molar-refractivity contribution in [3.63, 3.8) is 0 Å². The lowest BCUT2D eigenvalue weighted by molar-refractivity contribution is -0.387. The molecule has 2 aromatic carbocycles. The van der Waals surface area contributed by atoms with Crippen molar-refractivity contribution in [2.75, 3.05) is 10.5 Å². The maximum absolute atomic E-state index is 12.8. The van der Waals surface area contributed by atoms with Crippen molar-refractivity contribution in [1.82, 2.24) is 0 Å². The quantitative estimate of drug-likeness (QED) is 0.510. The molecule has 0 spiro atoms. The Kier molecular flexibility index (Phi) is 3.76. The van der Waals surface area contributed by atoms with Crippen LogP contribution in [-0.2, 0) is 10.0 Å². The van der Waals surface area contributed by atoms with Crippen molar-refractivity contribution in [2.45, 2.75) is 4.90 Å². The summed E-state index contributed by atoms with van der Waals surface area (Å²) in [6.07, 6.45) is 0. The van der Waals surface area contributed by atoms with E-state index in [2.05, 4.69) is 4.72 Å². The zero-order chi connectivity index (χ0) is 15.6. The molecular formula is C12H10FN3O4S. The topological polar surface area (TPSA) is 115 Å². The van der Waals surface area contributed by atoms with E-state index < -0.39 is 31.3 Å². The fourth-order valence-electron chi connectivity index (χ4n) is 1.62. The summed E-state index contributed by atoms with van der Waals surface area (Å²) in [7, 11) is -4.22. The Labute approximate surface area is 119 Å². The lowest BCUT2D eigenvalue weighted by Crippen LogP contribution is -2.15. The maximum Gasteiger partial charge on any atom is 0.290 e. The van der Waals surface area contributed by atoms with Crippen LogP contribution in [0.3, 0.4) is 0 Å². The summed E-state index contributed by atoms with van der Waals surface area (Å²) in [6.45, 7) is 0. The van der Waals surface area contributed by atoms with E-state index in [0.29, 0.717) is 0 Å². The second kappa shape index (κ2) is 5.37. The number of halogens is 1. The number of benzene rings is 2. The Hall–Kier alpha value is -2.68. The second-order valence-corrected chi connectivity index (χ2v) is 5.75. The summed E-state index contributed by atoms with van der Waals surface area (Å²) in [5, 5.41) is 10.9. The summed E-state index contributed by atoms with van der Waals surface area (Å²) in [6, 6.07) is 7.75. The molecule has 0 saturated heterocycles. The van der Waals surface area contributed by atoms with Crippen molar-refractivity contribution < 1.29 is 17.7 Å². The number of nitrogens with one attached hydrogen (secondary N) is 1. The zero-order valence-corrected chi connectivity index (χ0v) is 11.3. The summed E-state index contributed by atoms with van der Waals surface area (Å²) < 4.78 is 39.3. The molecule has 21 heavy (non-hydrogen) atoms. The average Bonchev–Trinajstić information content (AvgIpc) is 2.41. The van der Waals surface area contributed by atoms with Gasteiger partial charge in [-0.3, -0.25) is 14.8 Å². The molecule has 0 atom stereocenters. The smallest absolute Gasteiger partial charge is 0.290 e. The normalized spacial score (nSPS) is 11.1.